The van der Waals surface area contributed by atoms with Gasteiger partial charge in [-0.2, -0.15) is 0 Å². The fourth-order valence-electron chi connectivity index (χ4n) is 3.22. The molecule has 178 valence electrons. The van der Waals surface area contributed by atoms with E-state index in [0.717, 1.165) is 10.0 Å². The van der Waals surface area contributed by atoms with Crippen LogP contribution in [0.25, 0.3) is 12.2 Å². The van der Waals surface area contributed by atoms with Gasteiger partial charge in [-0.3, -0.25) is 14.4 Å². The molecule has 7 heteroatoms. The van der Waals surface area contributed by atoms with Gasteiger partial charge in [0.15, 0.2) is 5.78 Å². The van der Waals surface area contributed by atoms with Crippen molar-refractivity contribution in [3.63, 3.8) is 0 Å². The van der Waals surface area contributed by atoms with Crippen LogP contribution in [0, 0.1) is 0 Å². The average molecular weight is 541 g/mol. The first-order valence-electron chi connectivity index (χ1n) is 11.0. The van der Waals surface area contributed by atoms with Gasteiger partial charge >= 0.3 is 0 Å². The first kappa shape index (κ1) is 24.6. The Bertz CT molecular complexity index is 1410. The van der Waals surface area contributed by atoms with Crippen LogP contribution in [-0.4, -0.2) is 17.6 Å². The Morgan fingerprint density at radius 3 is 2.17 bits per heavy atom. The summed E-state index contributed by atoms with van der Waals surface area (Å²) in [5.74, 6) is -0.525. The van der Waals surface area contributed by atoms with Gasteiger partial charge in [0.25, 0.3) is 11.8 Å². The van der Waals surface area contributed by atoms with Crippen LogP contribution in [0.1, 0.15) is 32.0 Å². The second-order valence-electron chi connectivity index (χ2n) is 7.67. The van der Waals surface area contributed by atoms with Crippen LogP contribution in [0.2, 0.25) is 0 Å². The SMILES string of the molecule is O=C(Nc1ccc(C(=O)/C=C/c2ccco2)cc1)/C(=C/c1ccc(Br)cc1)NC(=O)c1ccccc1. The molecule has 4 aromatic rings. The fraction of sp³-hybridized carbons (Fsp3) is 0. The van der Waals surface area contributed by atoms with E-state index in [0.29, 0.717) is 22.6 Å². The first-order valence-corrected chi connectivity index (χ1v) is 11.8. The molecule has 3 aromatic carbocycles. The highest BCUT2D eigenvalue weighted by atomic mass is 79.9. The van der Waals surface area contributed by atoms with Crippen LogP contribution in [0.5, 0.6) is 0 Å². The van der Waals surface area contributed by atoms with Crippen molar-refractivity contribution in [1.82, 2.24) is 5.32 Å². The van der Waals surface area contributed by atoms with E-state index in [1.54, 1.807) is 72.8 Å². The van der Waals surface area contributed by atoms with Crippen molar-refractivity contribution < 1.29 is 18.8 Å². The summed E-state index contributed by atoms with van der Waals surface area (Å²) >= 11 is 3.39. The molecule has 0 saturated carbocycles. The van der Waals surface area contributed by atoms with Crippen molar-refractivity contribution in [2.45, 2.75) is 0 Å². The van der Waals surface area contributed by atoms with Gasteiger partial charge in [-0.1, -0.05) is 46.3 Å². The standard InChI is InChI=1S/C29H21BrN2O4/c30-23-12-8-20(9-13-23)19-26(32-28(34)22-5-2-1-3-6-22)29(35)31-24-14-10-21(11-15-24)27(33)17-16-25-7-4-18-36-25/h1-19H,(H,31,35)(H,32,34)/b17-16+,26-19-. The average Bonchev–Trinajstić information content (AvgIpc) is 3.43. The summed E-state index contributed by atoms with van der Waals surface area (Å²) in [6.45, 7) is 0. The number of anilines is 1. The lowest BCUT2D eigenvalue weighted by Gasteiger charge is -2.12. The molecule has 0 saturated heterocycles. The predicted octanol–water partition coefficient (Wildman–Crippen LogP) is 6.35. The number of benzene rings is 3. The summed E-state index contributed by atoms with van der Waals surface area (Å²) < 4.78 is 6.08. The first-order chi connectivity index (χ1) is 17.5. The van der Waals surface area contributed by atoms with Gasteiger partial charge in [0.1, 0.15) is 11.5 Å². The number of amides is 2. The third-order valence-corrected chi connectivity index (χ3v) is 5.61. The van der Waals surface area contributed by atoms with E-state index in [1.165, 1.54) is 12.3 Å². The van der Waals surface area contributed by atoms with Crippen LogP contribution < -0.4 is 10.6 Å². The number of hydrogen-bond acceptors (Lipinski definition) is 4. The molecule has 0 fully saturated rings. The summed E-state index contributed by atoms with van der Waals surface area (Å²) in [6.07, 6.45) is 6.14. The summed E-state index contributed by atoms with van der Waals surface area (Å²) in [6, 6.07) is 25.9. The van der Waals surface area contributed by atoms with Crippen molar-refractivity contribution >= 4 is 51.4 Å². The number of rotatable bonds is 8. The predicted molar refractivity (Wildman–Crippen MR) is 143 cm³/mol. The maximum atomic E-state index is 13.1. The minimum Gasteiger partial charge on any atom is -0.465 e. The fourth-order valence-corrected chi connectivity index (χ4v) is 3.49. The number of carbonyl (C=O) groups excluding carboxylic acids is 3. The van der Waals surface area contributed by atoms with Crippen LogP contribution in [-0.2, 0) is 4.79 Å². The number of ketones is 1. The van der Waals surface area contributed by atoms with Gasteiger partial charge < -0.3 is 15.1 Å². The van der Waals surface area contributed by atoms with E-state index in [4.69, 9.17) is 4.42 Å². The van der Waals surface area contributed by atoms with Gasteiger partial charge in [-0.25, -0.2) is 0 Å². The van der Waals surface area contributed by atoms with Gasteiger partial charge in [0, 0.05) is 21.3 Å². The summed E-state index contributed by atoms with van der Waals surface area (Å²) in [5.41, 5.74) is 2.17. The molecule has 2 amide bonds. The van der Waals surface area contributed by atoms with Crippen LogP contribution in [0.3, 0.4) is 0 Å². The monoisotopic (exact) mass is 540 g/mol. The third kappa shape index (κ3) is 6.77. The molecule has 1 heterocycles. The Morgan fingerprint density at radius 1 is 0.778 bits per heavy atom. The summed E-state index contributed by atoms with van der Waals surface area (Å²) in [4.78, 5) is 38.2. The third-order valence-electron chi connectivity index (χ3n) is 5.08. The number of carbonyl (C=O) groups is 3. The molecule has 0 aliphatic carbocycles. The molecule has 0 spiro atoms. The summed E-state index contributed by atoms with van der Waals surface area (Å²) in [7, 11) is 0. The van der Waals surface area contributed by atoms with Crippen LogP contribution in [0.4, 0.5) is 5.69 Å². The smallest absolute Gasteiger partial charge is 0.272 e. The summed E-state index contributed by atoms with van der Waals surface area (Å²) in [5, 5.41) is 5.48. The molecule has 2 N–H and O–H groups in total. The van der Waals surface area contributed by atoms with E-state index < -0.39 is 11.8 Å². The quantitative estimate of drug-likeness (QED) is 0.201. The Balaban J connectivity index is 1.50. The molecule has 0 atom stereocenters. The number of nitrogens with one attached hydrogen (secondary N) is 2. The van der Waals surface area contributed by atoms with Crippen molar-refractivity contribution in [3.8, 4) is 0 Å². The van der Waals surface area contributed by atoms with Gasteiger partial charge in [-0.15, -0.1) is 0 Å². The van der Waals surface area contributed by atoms with E-state index in [1.807, 2.05) is 30.3 Å². The minimum atomic E-state index is -0.501. The zero-order valence-corrected chi connectivity index (χ0v) is 20.6. The second-order valence-corrected chi connectivity index (χ2v) is 8.59. The van der Waals surface area contributed by atoms with E-state index in [9.17, 15) is 14.4 Å². The van der Waals surface area contributed by atoms with Crippen molar-refractivity contribution in [1.29, 1.82) is 0 Å². The molecule has 0 aliphatic rings. The molecular weight excluding hydrogens is 520 g/mol. The highest BCUT2D eigenvalue weighted by molar-refractivity contribution is 9.10. The number of halogens is 1. The van der Waals surface area contributed by atoms with Crippen LogP contribution in [0.15, 0.2) is 118 Å². The highest BCUT2D eigenvalue weighted by Crippen LogP contribution is 2.16. The van der Waals surface area contributed by atoms with Gasteiger partial charge in [0.2, 0.25) is 0 Å². The largest absolute Gasteiger partial charge is 0.465 e. The molecule has 4 rings (SSSR count). The maximum Gasteiger partial charge on any atom is 0.272 e. The molecule has 0 aliphatic heterocycles. The molecular formula is C29H21BrN2O4. The lowest BCUT2D eigenvalue weighted by Crippen LogP contribution is -2.30. The Kier molecular flexibility index (Phi) is 8.05. The number of furan rings is 1. The van der Waals surface area contributed by atoms with Gasteiger partial charge in [0.05, 0.1) is 6.26 Å². The zero-order valence-electron chi connectivity index (χ0n) is 19.0. The maximum absolute atomic E-state index is 13.1. The van der Waals surface area contributed by atoms with E-state index in [2.05, 4.69) is 26.6 Å². The second kappa shape index (κ2) is 11.8. The van der Waals surface area contributed by atoms with Gasteiger partial charge in [-0.05, 0) is 84.5 Å². The Labute approximate surface area is 216 Å². The topological polar surface area (TPSA) is 88.4 Å². The Morgan fingerprint density at radius 2 is 1.50 bits per heavy atom. The highest BCUT2D eigenvalue weighted by Gasteiger charge is 2.15. The molecule has 36 heavy (non-hydrogen) atoms. The number of hydrogen-bond donors (Lipinski definition) is 2. The van der Waals surface area contributed by atoms with Crippen molar-refractivity contribution in [3.05, 3.63) is 136 Å². The zero-order chi connectivity index (χ0) is 25.3. The van der Waals surface area contributed by atoms with Crippen molar-refractivity contribution in [2.24, 2.45) is 0 Å². The van der Waals surface area contributed by atoms with Crippen molar-refractivity contribution in [2.75, 3.05) is 5.32 Å². The number of allylic oxidation sites excluding steroid dienone is 1. The molecule has 0 bridgehead atoms. The lowest BCUT2D eigenvalue weighted by molar-refractivity contribution is -0.113. The van der Waals surface area contributed by atoms with Crippen LogP contribution >= 0.6 is 15.9 Å². The minimum absolute atomic E-state index is 0.0766. The van der Waals surface area contributed by atoms with E-state index in [-0.39, 0.29) is 11.5 Å². The molecule has 6 nitrogen and oxygen atoms in total. The Hall–Kier alpha value is -4.49. The molecule has 0 radical (unpaired) electrons. The normalized spacial score (nSPS) is 11.3. The lowest BCUT2D eigenvalue weighted by atomic mass is 10.1. The molecule has 1 aromatic heterocycles. The van der Waals surface area contributed by atoms with E-state index >= 15 is 0 Å². The molecule has 0 unspecified atom stereocenters.